The van der Waals surface area contributed by atoms with Gasteiger partial charge in [0.2, 0.25) is 0 Å². The lowest BCUT2D eigenvalue weighted by Gasteiger charge is -2.27. The summed E-state index contributed by atoms with van der Waals surface area (Å²) in [6.07, 6.45) is -0.841. The molecule has 1 unspecified atom stereocenters. The molecule has 0 saturated carbocycles. The summed E-state index contributed by atoms with van der Waals surface area (Å²) >= 11 is 0. The van der Waals surface area contributed by atoms with E-state index in [2.05, 4.69) is 5.32 Å². The van der Waals surface area contributed by atoms with Crippen molar-refractivity contribution in [3.8, 4) is 5.75 Å². The summed E-state index contributed by atoms with van der Waals surface area (Å²) in [5.41, 5.74) is 3.86. The molecule has 1 aromatic carbocycles. The predicted molar refractivity (Wildman–Crippen MR) is 81.4 cm³/mol. The number of carboxylic acid groups (broad SMARTS) is 1. The van der Waals surface area contributed by atoms with E-state index in [-0.39, 0.29) is 29.0 Å². The zero-order valence-electron chi connectivity index (χ0n) is 13.1. The summed E-state index contributed by atoms with van der Waals surface area (Å²) in [5, 5.41) is 21.2. The minimum absolute atomic E-state index is 0.0230. The van der Waals surface area contributed by atoms with Gasteiger partial charge >= 0.3 is 12.1 Å². The van der Waals surface area contributed by atoms with E-state index in [1.165, 1.54) is 25.1 Å². The number of carbonyl (C=O) groups excluding carboxylic acids is 1. The van der Waals surface area contributed by atoms with Crippen molar-refractivity contribution in [3.63, 3.8) is 0 Å². The molecule has 0 aliphatic heterocycles. The maximum atomic E-state index is 11.9. The molecular formula is C15H22N2O5. The van der Waals surface area contributed by atoms with Gasteiger partial charge in [-0.1, -0.05) is 26.8 Å². The van der Waals surface area contributed by atoms with Crippen molar-refractivity contribution < 1.29 is 24.5 Å². The molecule has 122 valence electrons. The predicted octanol–water partition coefficient (Wildman–Crippen LogP) is 2.05. The average molecular weight is 310 g/mol. The molecule has 0 aliphatic carbocycles. The molecule has 0 aromatic heterocycles. The highest BCUT2D eigenvalue weighted by Gasteiger charge is 2.38. The molecule has 22 heavy (non-hydrogen) atoms. The lowest BCUT2D eigenvalue weighted by Crippen LogP contribution is -2.50. The van der Waals surface area contributed by atoms with Gasteiger partial charge in [-0.25, -0.2) is 9.59 Å². The van der Waals surface area contributed by atoms with Gasteiger partial charge in [-0.3, -0.25) is 0 Å². The smallest absolute Gasteiger partial charge is 0.408 e. The van der Waals surface area contributed by atoms with Crippen LogP contribution in [0.5, 0.6) is 5.75 Å². The van der Waals surface area contributed by atoms with Crippen LogP contribution in [-0.4, -0.2) is 28.9 Å². The summed E-state index contributed by atoms with van der Waals surface area (Å²) < 4.78 is 5.03. The minimum atomic E-state index is -1.73. The fourth-order valence-corrected chi connectivity index (χ4v) is 1.64. The lowest BCUT2D eigenvalue weighted by atomic mass is 9.91. The number of anilines is 1. The normalized spacial score (nSPS) is 14.0. The van der Waals surface area contributed by atoms with E-state index in [9.17, 15) is 19.8 Å². The first-order valence-corrected chi connectivity index (χ1v) is 6.73. The van der Waals surface area contributed by atoms with Crippen molar-refractivity contribution in [1.82, 2.24) is 5.32 Å². The Morgan fingerprint density at radius 1 is 1.27 bits per heavy atom. The quantitative estimate of drug-likeness (QED) is 0.498. The first kappa shape index (κ1) is 17.6. The number of nitrogens with two attached hydrogens (primary N) is 1. The summed E-state index contributed by atoms with van der Waals surface area (Å²) in [6, 6.07) is 3.95. The van der Waals surface area contributed by atoms with Crippen LogP contribution in [0.15, 0.2) is 18.2 Å². The Bertz CT molecular complexity index is 580. The van der Waals surface area contributed by atoms with Crippen molar-refractivity contribution in [1.29, 1.82) is 0 Å². The van der Waals surface area contributed by atoms with E-state index >= 15 is 0 Å². The topological polar surface area (TPSA) is 122 Å². The number of ether oxygens (including phenoxy) is 1. The Morgan fingerprint density at radius 2 is 1.86 bits per heavy atom. The monoisotopic (exact) mass is 310 g/mol. The molecule has 5 N–H and O–H groups in total. The van der Waals surface area contributed by atoms with Crippen LogP contribution in [0.1, 0.15) is 33.3 Å². The van der Waals surface area contributed by atoms with E-state index in [1.807, 2.05) is 20.8 Å². The number of rotatable bonds is 4. The third-order valence-electron chi connectivity index (χ3n) is 3.02. The van der Waals surface area contributed by atoms with E-state index in [0.29, 0.717) is 0 Å². The number of hydrogen-bond donors (Lipinski definition) is 4. The van der Waals surface area contributed by atoms with Gasteiger partial charge in [-0.15, -0.1) is 0 Å². The van der Waals surface area contributed by atoms with Gasteiger partial charge in [0, 0.05) is 0 Å². The summed E-state index contributed by atoms with van der Waals surface area (Å²) in [5.74, 6) is -1.43. The zero-order chi connectivity index (χ0) is 17.1. The molecular weight excluding hydrogens is 288 g/mol. The van der Waals surface area contributed by atoms with Gasteiger partial charge in [0.25, 0.3) is 0 Å². The highest BCUT2D eigenvalue weighted by Crippen LogP contribution is 2.28. The number of hydrogen-bond acceptors (Lipinski definition) is 5. The van der Waals surface area contributed by atoms with Crippen LogP contribution in [0, 0.1) is 5.41 Å². The maximum absolute atomic E-state index is 11.9. The SMILES string of the molecule is CC(C)(C)COC(=O)NC(C)(C(=O)O)c1ccc(O)c(N)c1. The molecule has 7 nitrogen and oxygen atoms in total. The molecule has 0 spiro atoms. The molecule has 0 fully saturated rings. The van der Waals surface area contributed by atoms with Crippen LogP contribution in [0.2, 0.25) is 0 Å². The first-order chi connectivity index (χ1) is 9.95. The molecule has 1 amide bonds. The van der Waals surface area contributed by atoms with Crippen LogP contribution < -0.4 is 11.1 Å². The van der Waals surface area contributed by atoms with Crippen molar-refractivity contribution in [2.75, 3.05) is 12.3 Å². The average Bonchev–Trinajstić information content (AvgIpc) is 2.38. The molecule has 1 atom stereocenters. The molecule has 0 radical (unpaired) electrons. The van der Waals surface area contributed by atoms with Crippen molar-refractivity contribution >= 4 is 17.7 Å². The Labute approximate surface area is 129 Å². The number of nitrogen functional groups attached to an aromatic ring is 1. The number of carbonyl (C=O) groups is 2. The number of amides is 1. The number of nitrogens with one attached hydrogen (secondary N) is 1. The van der Waals surface area contributed by atoms with Crippen LogP contribution in [0.4, 0.5) is 10.5 Å². The molecule has 0 aliphatic rings. The van der Waals surface area contributed by atoms with E-state index in [0.717, 1.165) is 0 Å². The number of carboxylic acids is 1. The van der Waals surface area contributed by atoms with Crippen LogP contribution in [0.25, 0.3) is 0 Å². The number of benzene rings is 1. The molecule has 7 heteroatoms. The number of phenolic OH excluding ortho intramolecular Hbond substituents is 1. The summed E-state index contributed by atoms with van der Waals surface area (Å²) in [6.45, 7) is 7.12. The second-order valence-electron chi connectivity index (χ2n) is 6.47. The van der Waals surface area contributed by atoms with E-state index in [4.69, 9.17) is 10.5 Å². The van der Waals surface area contributed by atoms with E-state index in [1.54, 1.807) is 0 Å². The number of alkyl carbamates (subject to hydrolysis) is 1. The van der Waals surface area contributed by atoms with Crippen LogP contribution in [0.3, 0.4) is 0 Å². The number of phenols is 1. The molecule has 0 bridgehead atoms. The summed E-state index contributed by atoms with van der Waals surface area (Å²) in [7, 11) is 0. The highest BCUT2D eigenvalue weighted by atomic mass is 16.5. The van der Waals surface area contributed by atoms with Crippen LogP contribution >= 0.6 is 0 Å². The molecule has 1 aromatic rings. The Kier molecular flexibility index (Phi) is 4.91. The number of aliphatic carboxylic acids is 1. The Balaban J connectivity index is 2.99. The van der Waals surface area contributed by atoms with Gasteiger partial charge in [0.05, 0.1) is 12.3 Å². The molecule has 1 rings (SSSR count). The highest BCUT2D eigenvalue weighted by molar-refractivity contribution is 5.86. The second kappa shape index (κ2) is 6.13. The standard InChI is InChI=1S/C15H22N2O5/c1-14(2,3)8-22-13(21)17-15(4,12(19)20)9-5-6-11(18)10(16)7-9/h5-7,18H,8,16H2,1-4H3,(H,17,21)(H,19,20). The van der Waals surface area contributed by atoms with Gasteiger partial charge in [-0.05, 0) is 30.0 Å². The summed E-state index contributed by atoms with van der Waals surface area (Å²) in [4.78, 5) is 23.4. The zero-order valence-corrected chi connectivity index (χ0v) is 13.1. The van der Waals surface area contributed by atoms with Crippen molar-refractivity contribution in [2.24, 2.45) is 5.41 Å². The lowest BCUT2D eigenvalue weighted by molar-refractivity contribution is -0.144. The Morgan fingerprint density at radius 3 is 2.32 bits per heavy atom. The Hall–Kier alpha value is -2.44. The van der Waals surface area contributed by atoms with Crippen molar-refractivity contribution in [2.45, 2.75) is 33.2 Å². The third-order valence-corrected chi connectivity index (χ3v) is 3.02. The second-order valence-corrected chi connectivity index (χ2v) is 6.47. The van der Waals surface area contributed by atoms with Gasteiger partial charge in [-0.2, -0.15) is 0 Å². The van der Waals surface area contributed by atoms with Gasteiger partial charge < -0.3 is 26.0 Å². The largest absolute Gasteiger partial charge is 0.506 e. The third kappa shape index (κ3) is 4.28. The van der Waals surface area contributed by atoms with Crippen molar-refractivity contribution in [3.05, 3.63) is 23.8 Å². The molecule has 0 heterocycles. The molecule has 0 saturated heterocycles. The van der Waals surface area contributed by atoms with Gasteiger partial charge in [0.15, 0.2) is 5.54 Å². The van der Waals surface area contributed by atoms with E-state index < -0.39 is 17.6 Å². The fourth-order valence-electron chi connectivity index (χ4n) is 1.64. The van der Waals surface area contributed by atoms with Gasteiger partial charge in [0.1, 0.15) is 5.75 Å². The number of aromatic hydroxyl groups is 1. The first-order valence-electron chi connectivity index (χ1n) is 6.73. The minimum Gasteiger partial charge on any atom is -0.506 e. The fraction of sp³-hybridized carbons (Fsp3) is 0.467. The maximum Gasteiger partial charge on any atom is 0.408 e. The van der Waals surface area contributed by atoms with Crippen LogP contribution in [-0.2, 0) is 15.1 Å².